The largest absolute Gasteiger partial charge is 0.466 e. The molecule has 1 atom stereocenters. The van der Waals surface area contributed by atoms with Gasteiger partial charge in [-0.1, -0.05) is 20.8 Å². The van der Waals surface area contributed by atoms with E-state index in [-0.39, 0.29) is 12.0 Å². The van der Waals surface area contributed by atoms with Gasteiger partial charge in [-0.05, 0) is 18.8 Å². The SMILES string of the molecule is CCC(N)CC(=O)OCCC(C)C. The summed E-state index contributed by atoms with van der Waals surface area (Å²) in [5.74, 6) is 0.405. The highest BCUT2D eigenvalue weighted by Crippen LogP contribution is 2.01. The molecular formula is C10H21NO2. The van der Waals surface area contributed by atoms with Crippen LogP contribution in [0.3, 0.4) is 0 Å². The summed E-state index contributed by atoms with van der Waals surface area (Å²) in [6.45, 7) is 6.69. The molecule has 0 amide bonds. The molecule has 0 aliphatic heterocycles. The van der Waals surface area contributed by atoms with Crippen LogP contribution in [-0.4, -0.2) is 18.6 Å². The minimum atomic E-state index is -0.171. The fourth-order valence-electron chi connectivity index (χ4n) is 0.826. The van der Waals surface area contributed by atoms with Gasteiger partial charge >= 0.3 is 5.97 Å². The summed E-state index contributed by atoms with van der Waals surface area (Å²) in [6.07, 6.45) is 2.08. The zero-order valence-corrected chi connectivity index (χ0v) is 8.88. The van der Waals surface area contributed by atoms with Crippen LogP contribution >= 0.6 is 0 Å². The first-order chi connectivity index (χ1) is 6.06. The molecule has 3 nitrogen and oxygen atoms in total. The van der Waals surface area contributed by atoms with Crippen LogP contribution in [0.2, 0.25) is 0 Å². The maximum absolute atomic E-state index is 11.1. The Labute approximate surface area is 80.6 Å². The Balaban J connectivity index is 3.41. The van der Waals surface area contributed by atoms with Crippen molar-refractivity contribution in [1.29, 1.82) is 0 Å². The van der Waals surface area contributed by atoms with E-state index in [4.69, 9.17) is 10.5 Å². The average molecular weight is 187 g/mol. The van der Waals surface area contributed by atoms with E-state index in [9.17, 15) is 4.79 Å². The number of hydrogen-bond acceptors (Lipinski definition) is 3. The van der Waals surface area contributed by atoms with E-state index >= 15 is 0 Å². The van der Waals surface area contributed by atoms with Gasteiger partial charge in [0.1, 0.15) is 0 Å². The topological polar surface area (TPSA) is 52.3 Å². The van der Waals surface area contributed by atoms with Gasteiger partial charge < -0.3 is 10.5 Å². The second-order valence-electron chi connectivity index (χ2n) is 3.78. The van der Waals surface area contributed by atoms with Crippen LogP contribution < -0.4 is 5.73 Å². The van der Waals surface area contributed by atoms with Gasteiger partial charge in [-0.3, -0.25) is 4.79 Å². The third kappa shape index (κ3) is 7.78. The minimum absolute atomic E-state index is 0.0495. The standard InChI is InChI=1S/C10H21NO2/c1-4-9(11)7-10(12)13-6-5-8(2)3/h8-9H,4-7,11H2,1-3H3. The molecule has 0 heterocycles. The quantitative estimate of drug-likeness (QED) is 0.644. The molecule has 0 fully saturated rings. The first-order valence-electron chi connectivity index (χ1n) is 4.97. The maximum Gasteiger partial charge on any atom is 0.307 e. The Morgan fingerprint density at radius 1 is 1.46 bits per heavy atom. The molecule has 0 aromatic heterocycles. The fourth-order valence-corrected chi connectivity index (χ4v) is 0.826. The van der Waals surface area contributed by atoms with Gasteiger partial charge in [-0.25, -0.2) is 0 Å². The summed E-state index contributed by atoms with van der Waals surface area (Å²) in [4.78, 5) is 11.1. The number of esters is 1. The van der Waals surface area contributed by atoms with Crippen LogP contribution in [0.4, 0.5) is 0 Å². The van der Waals surface area contributed by atoms with Gasteiger partial charge in [0.15, 0.2) is 0 Å². The van der Waals surface area contributed by atoms with Crippen molar-refractivity contribution >= 4 is 5.97 Å². The van der Waals surface area contributed by atoms with Crippen LogP contribution in [0.25, 0.3) is 0 Å². The predicted molar refractivity (Wildman–Crippen MR) is 53.3 cm³/mol. The van der Waals surface area contributed by atoms with Gasteiger partial charge in [0.05, 0.1) is 13.0 Å². The van der Waals surface area contributed by atoms with Gasteiger partial charge in [-0.2, -0.15) is 0 Å². The van der Waals surface area contributed by atoms with Crippen molar-refractivity contribution in [3.8, 4) is 0 Å². The summed E-state index contributed by atoms with van der Waals surface area (Å²) in [5, 5.41) is 0. The number of rotatable bonds is 6. The summed E-state index contributed by atoms with van der Waals surface area (Å²) in [7, 11) is 0. The lowest BCUT2D eigenvalue weighted by Crippen LogP contribution is -2.24. The predicted octanol–water partition coefficient (Wildman–Crippen LogP) is 1.70. The number of carbonyl (C=O) groups excluding carboxylic acids is 1. The highest BCUT2D eigenvalue weighted by molar-refractivity contribution is 5.70. The lowest BCUT2D eigenvalue weighted by Gasteiger charge is -2.09. The molecule has 3 heteroatoms. The second kappa shape index (κ2) is 6.89. The van der Waals surface area contributed by atoms with Gasteiger partial charge in [0.2, 0.25) is 0 Å². The van der Waals surface area contributed by atoms with Gasteiger partial charge in [-0.15, -0.1) is 0 Å². The third-order valence-corrected chi connectivity index (χ3v) is 1.91. The maximum atomic E-state index is 11.1. The molecule has 0 radical (unpaired) electrons. The smallest absolute Gasteiger partial charge is 0.307 e. The number of hydrogen-bond donors (Lipinski definition) is 1. The van der Waals surface area contributed by atoms with Crippen molar-refractivity contribution in [2.75, 3.05) is 6.61 Å². The summed E-state index contributed by atoms with van der Waals surface area (Å²) in [6, 6.07) is -0.0495. The molecule has 0 rings (SSSR count). The molecule has 0 spiro atoms. The highest BCUT2D eigenvalue weighted by atomic mass is 16.5. The van der Waals surface area contributed by atoms with Crippen molar-refractivity contribution in [3.05, 3.63) is 0 Å². The molecule has 0 aliphatic rings. The van der Waals surface area contributed by atoms with Crippen molar-refractivity contribution in [1.82, 2.24) is 0 Å². The molecule has 2 N–H and O–H groups in total. The average Bonchev–Trinajstić information content (AvgIpc) is 2.03. The molecule has 0 bridgehead atoms. The lowest BCUT2D eigenvalue weighted by atomic mass is 10.1. The Hall–Kier alpha value is -0.570. The van der Waals surface area contributed by atoms with Crippen LogP contribution in [0.1, 0.15) is 40.0 Å². The van der Waals surface area contributed by atoms with Gasteiger partial charge in [0, 0.05) is 6.04 Å². The van der Waals surface area contributed by atoms with E-state index in [1.165, 1.54) is 0 Å². The molecule has 0 saturated heterocycles. The Kier molecular flexibility index (Phi) is 6.59. The first kappa shape index (κ1) is 12.4. The molecule has 0 saturated carbocycles. The Morgan fingerprint density at radius 2 is 2.08 bits per heavy atom. The number of nitrogens with two attached hydrogens (primary N) is 1. The molecule has 13 heavy (non-hydrogen) atoms. The van der Waals surface area contributed by atoms with Crippen LogP contribution in [0.15, 0.2) is 0 Å². The van der Waals surface area contributed by atoms with E-state index in [1.54, 1.807) is 0 Å². The fraction of sp³-hybridized carbons (Fsp3) is 0.900. The highest BCUT2D eigenvalue weighted by Gasteiger charge is 2.08. The zero-order valence-electron chi connectivity index (χ0n) is 8.88. The second-order valence-corrected chi connectivity index (χ2v) is 3.78. The van der Waals surface area contributed by atoms with Crippen molar-refractivity contribution in [2.24, 2.45) is 11.7 Å². The number of ether oxygens (including phenoxy) is 1. The first-order valence-corrected chi connectivity index (χ1v) is 4.97. The van der Waals surface area contributed by atoms with E-state index in [1.807, 2.05) is 6.92 Å². The van der Waals surface area contributed by atoms with E-state index in [0.717, 1.165) is 12.8 Å². The van der Waals surface area contributed by atoms with Crippen LogP contribution in [-0.2, 0) is 9.53 Å². The molecular weight excluding hydrogens is 166 g/mol. The normalized spacial score (nSPS) is 13.0. The van der Waals surface area contributed by atoms with Crippen LogP contribution in [0, 0.1) is 5.92 Å². The van der Waals surface area contributed by atoms with Gasteiger partial charge in [0.25, 0.3) is 0 Å². The monoisotopic (exact) mass is 187 g/mol. The van der Waals surface area contributed by atoms with E-state index < -0.39 is 0 Å². The minimum Gasteiger partial charge on any atom is -0.466 e. The Bertz CT molecular complexity index is 146. The molecule has 0 aromatic rings. The molecule has 0 aromatic carbocycles. The van der Waals surface area contributed by atoms with E-state index in [0.29, 0.717) is 18.9 Å². The Morgan fingerprint density at radius 3 is 2.54 bits per heavy atom. The summed E-state index contributed by atoms with van der Waals surface area (Å²) >= 11 is 0. The molecule has 0 aliphatic carbocycles. The molecule has 78 valence electrons. The summed E-state index contributed by atoms with van der Waals surface area (Å²) in [5.41, 5.74) is 5.60. The third-order valence-electron chi connectivity index (χ3n) is 1.91. The zero-order chi connectivity index (χ0) is 10.3. The molecule has 1 unspecified atom stereocenters. The van der Waals surface area contributed by atoms with Crippen LogP contribution in [0.5, 0.6) is 0 Å². The van der Waals surface area contributed by atoms with E-state index in [2.05, 4.69) is 13.8 Å². The van der Waals surface area contributed by atoms with Crippen molar-refractivity contribution in [3.63, 3.8) is 0 Å². The van der Waals surface area contributed by atoms with Crippen molar-refractivity contribution in [2.45, 2.75) is 46.1 Å². The summed E-state index contributed by atoms with van der Waals surface area (Å²) < 4.78 is 5.01. The van der Waals surface area contributed by atoms with Crippen molar-refractivity contribution < 1.29 is 9.53 Å². The lowest BCUT2D eigenvalue weighted by molar-refractivity contribution is -0.144. The number of carbonyl (C=O) groups is 1.